The number of fused-ring (bicyclic) bond motifs is 1. The zero-order chi connectivity index (χ0) is 28.7. The zero-order valence-corrected chi connectivity index (χ0v) is 23.6. The van der Waals surface area contributed by atoms with Crippen LogP contribution in [0.3, 0.4) is 0 Å². The van der Waals surface area contributed by atoms with Crippen molar-refractivity contribution in [2.75, 3.05) is 6.54 Å². The molecule has 2 unspecified atom stereocenters. The van der Waals surface area contributed by atoms with Crippen molar-refractivity contribution in [2.45, 2.75) is 78.2 Å². The molecule has 0 spiro atoms. The number of carbonyl (C=O) groups excluding carboxylic acids is 3. The zero-order valence-electron chi connectivity index (χ0n) is 23.6. The van der Waals surface area contributed by atoms with Crippen molar-refractivity contribution in [1.82, 2.24) is 16.0 Å². The maximum Gasteiger partial charge on any atom is 0.251 e. The Morgan fingerprint density at radius 2 is 1.56 bits per heavy atom. The van der Waals surface area contributed by atoms with Crippen LogP contribution in [-0.4, -0.2) is 52.7 Å². The topological polar surface area (TPSA) is 128 Å². The molecule has 2 aromatic carbocycles. The van der Waals surface area contributed by atoms with E-state index >= 15 is 0 Å². The van der Waals surface area contributed by atoms with E-state index in [9.17, 15) is 24.6 Å². The van der Waals surface area contributed by atoms with E-state index < -0.39 is 36.1 Å². The van der Waals surface area contributed by atoms with Crippen molar-refractivity contribution >= 4 is 17.7 Å². The van der Waals surface area contributed by atoms with Crippen LogP contribution in [0, 0.1) is 17.8 Å². The largest absolute Gasteiger partial charge is 0.391 e. The van der Waals surface area contributed by atoms with E-state index in [0.717, 1.165) is 11.1 Å². The Bertz CT molecular complexity index is 1150. The average molecular weight is 538 g/mol. The first-order valence-electron chi connectivity index (χ1n) is 13.9. The molecular formula is C31H43N3O5. The lowest BCUT2D eigenvalue weighted by atomic mass is 9.92. The maximum atomic E-state index is 13.2. The third kappa shape index (κ3) is 8.38. The minimum atomic E-state index is -0.911. The van der Waals surface area contributed by atoms with Crippen LogP contribution in [0.2, 0.25) is 0 Å². The number of amides is 3. The van der Waals surface area contributed by atoms with Gasteiger partial charge in [-0.15, -0.1) is 0 Å². The van der Waals surface area contributed by atoms with Gasteiger partial charge in [0.25, 0.3) is 11.8 Å². The van der Waals surface area contributed by atoms with E-state index in [0.29, 0.717) is 36.4 Å². The number of aliphatic hydroxyl groups is 2. The number of nitrogens with one attached hydrogen (secondary N) is 3. The van der Waals surface area contributed by atoms with Gasteiger partial charge in [0.15, 0.2) is 0 Å². The van der Waals surface area contributed by atoms with Crippen molar-refractivity contribution in [3.63, 3.8) is 0 Å². The van der Waals surface area contributed by atoms with E-state index in [1.54, 1.807) is 25.1 Å². The first-order valence-corrected chi connectivity index (χ1v) is 13.9. The van der Waals surface area contributed by atoms with E-state index in [4.69, 9.17) is 0 Å². The fraction of sp³-hybridized carbons (Fsp3) is 0.516. The van der Waals surface area contributed by atoms with Gasteiger partial charge in [-0.3, -0.25) is 14.4 Å². The van der Waals surface area contributed by atoms with Crippen molar-refractivity contribution in [3.8, 4) is 0 Å². The Morgan fingerprint density at radius 3 is 2.23 bits per heavy atom. The summed E-state index contributed by atoms with van der Waals surface area (Å²) in [7, 11) is 0. The Hall–Kier alpha value is -3.23. The normalized spacial score (nSPS) is 18.8. The summed E-state index contributed by atoms with van der Waals surface area (Å²) in [5.41, 5.74) is 2.49. The molecule has 3 rings (SSSR count). The summed E-state index contributed by atoms with van der Waals surface area (Å²) < 4.78 is 0. The summed E-state index contributed by atoms with van der Waals surface area (Å²) in [6.45, 7) is 10.4. The molecule has 0 bridgehead atoms. The van der Waals surface area contributed by atoms with Crippen LogP contribution in [0.1, 0.15) is 85.3 Å². The molecule has 8 heteroatoms. The smallest absolute Gasteiger partial charge is 0.251 e. The minimum absolute atomic E-state index is 0.119. The van der Waals surface area contributed by atoms with Gasteiger partial charge in [-0.25, -0.2) is 0 Å². The summed E-state index contributed by atoms with van der Waals surface area (Å²) in [6, 6.07) is 12.9. The number of aliphatic hydroxyl groups excluding tert-OH is 2. The molecule has 0 saturated carbocycles. The highest BCUT2D eigenvalue weighted by atomic mass is 16.3. The van der Waals surface area contributed by atoms with Crippen LogP contribution in [0.25, 0.3) is 0 Å². The second-order valence-corrected chi connectivity index (χ2v) is 11.6. The number of benzene rings is 2. The quantitative estimate of drug-likeness (QED) is 0.284. The molecule has 0 aliphatic heterocycles. The Morgan fingerprint density at radius 1 is 0.897 bits per heavy atom. The summed E-state index contributed by atoms with van der Waals surface area (Å²) in [5, 5.41) is 30.2. The van der Waals surface area contributed by atoms with E-state index in [1.165, 1.54) is 6.07 Å². The molecule has 5 atom stereocenters. The molecule has 3 amide bonds. The van der Waals surface area contributed by atoms with Crippen LogP contribution in [0.4, 0.5) is 0 Å². The maximum absolute atomic E-state index is 13.2. The number of carbonyl (C=O) groups is 3. The van der Waals surface area contributed by atoms with Gasteiger partial charge in [-0.05, 0) is 54.0 Å². The van der Waals surface area contributed by atoms with Gasteiger partial charge >= 0.3 is 0 Å². The SMILES string of the molecule is CC(C)CNC(=O)C(C)CC(O)[C@H](CC(C)C)NC(=O)c1cccc(C(=O)N[C@@H]2c3ccccc3C[C@@H]2O)c1. The summed E-state index contributed by atoms with van der Waals surface area (Å²) >= 11 is 0. The van der Waals surface area contributed by atoms with Gasteiger partial charge in [-0.1, -0.05) is 65.0 Å². The Balaban J connectivity index is 1.66. The van der Waals surface area contributed by atoms with Gasteiger partial charge < -0.3 is 26.2 Å². The summed E-state index contributed by atoms with van der Waals surface area (Å²) in [4.78, 5) is 38.7. The lowest BCUT2D eigenvalue weighted by molar-refractivity contribution is -0.125. The first-order chi connectivity index (χ1) is 18.5. The van der Waals surface area contributed by atoms with Gasteiger partial charge in [-0.2, -0.15) is 0 Å². The fourth-order valence-electron chi connectivity index (χ4n) is 4.96. The van der Waals surface area contributed by atoms with Crippen molar-refractivity contribution < 1.29 is 24.6 Å². The monoisotopic (exact) mass is 537 g/mol. The lowest BCUT2D eigenvalue weighted by Gasteiger charge is -2.27. The highest BCUT2D eigenvalue weighted by molar-refractivity contribution is 6.00. The molecule has 8 nitrogen and oxygen atoms in total. The Kier molecular flexibility index (Phi) is 10.7. The molecule has 0 aromatic heterocycles. The third-order valence-corrected chi connectivity index (χ3v) is 7.11. The van der Waals surface area contributed by atoms with Crippen LogP contribution in [-0.2, 0) is 11.2 Å². The molecule has 0 saturated heterocycles. The highest BCUT2D eigenvalue weighted by Crippen LogP contribution is 2.31. The van der Waals surface area contributed by atoms with E-state index in [2.05, 4.69) is 16.0 Å². The highest BCUT2D eigenvalue weighted by Gasteiger charge is 2.32. The van der Waals surface area contributed by atoms with Crippen LogP contribution in [0.15, 0.2) is 48.5 Å². The Labute approximate surface area is 231 Å². The molecule has 0 fully saturated rings. The molecule has 212 valence electrons. The van der Waals surface area contributed by atoms with Gasteiger partial charge in [0.1, 0.15) is 0 Å². The van der Waals surface area contributed by atoms with E-state index in [1.807, 2.05) is 52.0 Å². The summed E-state index contributed by atoms with van der Waals surface area (Å²) in [5.74, 6) is -0.786. The first kappa shape index (κ1) is 30.3. The number of hydrogen-bond donors (Lipinski definition) is 5. The lowest BCUT2D eigenvalue weighted by Crippen LogP contribution is -2.46. The molecule has 39 heavy (non-hydrogen) atoms. The van der Waals surface area contributed by atoms with Gasteiger partial charge in [0.05, 0.1) is 24.3 Å². The molecular weight excluding hydrogens is 494 g/mol. The molecule has 0 heterocycles. The van der Waals surface area contributed by atoms with Crippen LogP contribution >= 0.6 is 0 Å². The predicted octanol–water partition coefficient (Wildman–Crippen LogP) is 3.38. The second-order valence-electron chi connectivity index (χ2n) is 11.6. The second kappa shape index (κ2) is 13.7. The number of hydrogen-bond acceptors (Lipinski definition) is 5. The molecule has 2 aromatic rings. The average Bonchev–Trinajstić information content (AvgIpc) is 3.21. The van der Waals surface area contributed by atoms with Crippen LogP contribution < -0.4 is 16.0 Å². The standard InChI is InChI=1S/C31H43N3O5/c1-18(2)13-25(26(35)14-20(5)29(37)32-17-19(3)4)33-30(38)22-10-8-11-23(15-22)31(39)34-28-24-12-7-6-9-21(24)16-27(28)36/h6-12,15,18-20,25-28,35-36H,13-14,16-17H2,1-5H3,(H,32,37)(H,33,38)(H,34,39)/t20?,25-,26?,27-,28+/m0/s1. The van der Waals surface area contributed by atoms with Crippen molar-refractivity contribution in [1.29, 1.82) is 0 Å². The fourth-order valence-corrected chi connectivity index (χ4v) is 4.96. The van der Waals surface area contributed by atoms with Gasteiger partial charge in [0.2, 0.25) is 5.91 Å². The molecule has 1 aliphatic rings. The van der Waals surface area contributed by atoms with Crippen molar-refractivity contribution in [2.24, 2.45) is 17.8 Å². The molecule has 5 N–H and O–H groups in total. The number of rotatable bonds is 12. The predicted molar refractivity (Wildman–Crippen MR) is 151 cm³/mol. The molecule has 1 aliphatic carbocycles. The van der Waals surface area contributed by atoms with Crippen LogP contribution in [0.5, 0.6) is 0 Å². The van der Waals surface area contributed by atoms with E-state index in [-0.39, 0.29) is 24.2 Å². The van der Waals surface area contributed by atoms with Gasteiger partial charge in [0, 0.05) is 30.0 Å². The minimum Gasteiger partial charge on any atom is -0.391 e. The summed E-state index contributed by atoms with van der Waals surface area (Å²) in [6.07, 6.45) is -0.402. The third-order valence-electron chi connectivity index (χ3n) is 7.11. The van der Waals surface area contributed by atoms with Crippen molar-refractivity contribution in [3.05, 3.63) is 70.8 Å². The molecule has 0 radical (unpaired) electrons.